The Bertz CT molecular complexity index is 1270. The number of nitrogens with one attached hydrogen (secondary N) is 1. The molecular weight excluding hydrogens is 362 g/mol. The van der Waals surface area contributed by atoms with Gasteiger partial charge in [0.1, 0.15) is 6.54 Å². The molecule has 4 aromatic rings. The molecule has 1 N–H and O–H groups in total. The monoisotopic (exact) mass is 383 g/mol. The summed E-state index contributed by atoms with van der Waals surface area (Å²) < 4.78 is 1.20. The van der Waals surface area contributed by atoms with Gasteiger partial charge in [-0.25, -0.2) is 4.68 Å². The van der Waals surface area contributed by atoms with E-state index < -0.39 is 0 Å². The van der Waals surface area contributed by atoms with Gasteiger partial charge in [0, 0.05) is 17.3 Å². The number of amides is 1. The van der Waals surface area contributed by atoms with Crippen LogP contribution >= 0.6 is 0 Å². The van der Waals surface area contributed by atoms with Gasteiger partial charge in [-0.3, -0.25) is 9.59 Å². The molecule has 0 aliphatic rings. The van der Waals surface area contributed by atoms with Gasteiger partial charge in [-0.1, -0.05) is 48.5 Å². The molecule has 0 atom stereocenters. The molecule has 0 aliphatic carbocycles. The summed E-state index contributed by atoms with van der Waals surface area (Å²) in [6.07, 6.45) is 0. The fourth-order valence-electron chi connectivity index (χ4n) is 3.26. The lowest BCUT2D eigenvalue weighted by molar-refractivity contribution is -0.117. The van der Waals surface area contributed by atoms with Crippen molar-refractivity contribution in [2.75, 3.05) is 5.32 Å². The van der Waals surface area contributed by atoms with Crippen molar-refractivity contribution in [2.24, 2.45) is 0 Å². The number of anilines is 1. The molecule has 0 aliphatic heterocycles. The number of benzene rings is 3. The molecule has 0 fully saturated rings. The number of nitrogens with zero attached hydrogens (tertiary/aromatic N) is 2. The highest BCUT2D eigenvalue weighted by Crippen LogP contribution is 2.22. The van der Waals surface area contributed by atoms with Crippen LogP contribution < -0.4 is 10.9 Å². The second-order valence-corrected chi connectivity index (χ2v) is 7.14. The predicted molar refractivity (Wildman–Crippen MR) is 116 cm³/mol. The summed E-state index contributed by atoms with van der Waals surface area (Å²) in [5, 5.41) is 9.52. The van der Waals surface area contributed by atoms with Crippen molar-refractivity contribution in [3.63, 3.8) is 0 Å². The van der Waals surface area contributed by atoms with E-state index in [-0.39, 0.29) is 18.0 Å². The van der Waals surface area contributed by atoms with Gasteiger partial charge < -0.3 is 5.32 Å². The van der Waals surface area contributed by atoms with E-state index in [1.54, 1.807) is 6.07 Å². The van der Waals surface area contributed by atoms with Gasteiger partial charge in [0.05, 0.1) is 5.69 Å². The summed E-state index contributed by atoms with van der Waals surface area (Å²) in [5.41, 5.74) is 4.00. The highest BCUT2D eigenvalue weighted by Gasteiger charge is 2.10. The Morgan fingerprint density at radius 1 is 0.931 bits per heavy atom. The summed E-state index contributed by atoms with van der Waals surface area (Å²) in [6, 6.07) is 23.1. The fraction of sp³-hybridized carbons (Fsp3) is 0.125. The predicted octanol–water partition coefficient (Wildman–Crippen LogP) is 4.32. The zero-order valence-electron chi connectivity index (χ0n) is 16.3. The molecule has 0 bridgehead atoms. The summed E-state index contributed by atoms with van der Waals surface area (Å²) in [4.78, 5) is 24.8. The number of hydrogen-bond acceptors (Lipinski definition) is 3. The summed E-state index contributed by atoms with van der Waals surface area (Å²) >= 11 is 0. The Labute approximate surface area is 168 Å². The average Bonchev–Trinajstić information content (AvgIpc) is 2.72. The lowest BCUT2D eigenvalue weighted by Crippen LogP contribution is -2.29. The molecule has 5 nitrogen and oxygen atoms in total. The maximum absolute atomic E-state index is 12.5. The SMILES string of the molecule is Cc1ccc(C)c(NC(=O)Cn2nc(-c3ccc4ccccc4c3)ccc2=O)c1. The van der Waals surface area contributed by atoms with Crippen LogP contribution in [0.4, 0.5) is 5.69 Å². The van der Waals surface area contributed by atoms with Gasteiger partial charge >= 0.3 is 0 Å². The second-order valence-electron chi connectivity index (χ2n) is 7.14. The van der Waals surface area contributed by atoms with Gasteiger partial charge in [0.25, 0.3) is 5.56 Å². The number of carbonyl (C=O) groups is 1. The first kappa shape index (κ1) is 18.6. The number of carbonyl (C=O) groups excluding carboxylic acids is 1. The first-order valence-electron chi connectivity index (χ1n) is 9.44. The molecule has 144 valence electrons. The minimum absolute atomic E-state index is 0.145. The van der Waals surface area contributed by atoms with Crippen molar-refractivity contribution in [3.05, 3.63) is 94.3 Å². The Hall–Kier alpha value is -3.73. The van der Waals surface area contributed by atoms with Crippen molar-refractivity contribution >= 4 is 22.4 Å². The summed E-state index contributed by atoms with van der Waals surface area (Å²) in [6.45, 7) is 3.75. The van der Waals surface area contributed by atoms with Crippen molar-refractivity contribution in [2.45, 2.75) is 20.4 Å². The molecule has 0 saturated heterocycles. The summed E-state index contributed by atoms with van der Waals surface area (Å²) in [7, 11) is 0. The van der Waals surface area contributed by atoms with E-state index in [2.05, 4.69) is 10.4 Å². The maximum atomic E-state index is 12.5. The first-order valence-corrected chi connectivity index (χ1v) is 9.44. The Morgan fingerprint density at radius 2 is 1.72 bits per heavy atom. The van der Waals surface area contributed by atoms with E-state index in [0.717, 1.165) is 33.2 Å². The molecule has 1 aromatic heterocycles. The Balaban J connectivity index is 1.60. The quantitative estimate of drug-likeness (QED) is 0.571. The molecule has 29 heavy (non-hydrogen) atoms. The van der Waals surface area contributed by atoms with E-state index in [9.17, 15) is 9.59 Å². The van der Waals surface area contributed by atoms with Crippen molar-refractivity contribution in [3.8, 4) is 11.3 Å². The highest BCUT2D eigenvalue weighted by molar-refractivity contribution is 5.91. The molecule has 1 amide bonds. The average molecular weight is 383 g/mol. The molecule has 0 saturated carbocycles. The molecule has 4 rings (SSSR count). The van der Waals surface area contributed by atoms with E-state index >= 15 is 0 Å². The van der Waals surface area contributed by atoms with Crippen LogP contribution in [0, 0.1) is 13.8 Å². The van der Waals surface area contributed by atoms with E-state index in [4.69, 9.17) is 0 Å². The standard InChI is InChI=1S/C24H21N3O2/c1-16-7-8-17(2)22(13-16)25-23(28)15-27-24(29)12-11-21(26-27)20-10-9-18-5-3-4-6-19(18)14-20/h3-14H,15H2,1-2H3,(H,25,28). The van der Waals surface area contributed by atoms with Crippen LogP contribution in [-0.2, 0) is 11.3 Å². The van der Waals surface area contributed by atoms with Crippen LogP contribution in [0.5, 0.6) is 0 Å². The molecular formula is C24H21N3O2. The fourth-order valence-corrected chi connectivity index (χ4v) is 3.26. The number of rotatable bonds is 4. The van der Waals surface area contributed by atoms with E-state index in [1.165, 1.54) is 10.7 Å². The molecule has 0 spiro atoms. The molecule has 0 unspecified atom stereocenters. The van der Waals surface area contributed by atoms with Gasteiger partial charge in [0.2, 0.25) is 5.91 Å². The van der Waals surface area contributed by atoms with Gasteiger partial charge in [0.15, 0.2) is 0 Å². The normalized spacial score (nSPS) is 10.8. The Kier molecular flexibility index (Phi) is 4.96. The van der Waals surface area contributed by atoms with E-state index in [1.807, 2.05) is 74.5 Å². The third-order valence-corrected chi connectivity index (χ3v) is 4.87. The number of aryl methyl sites for hydroxylation is 2. The molecule has 5 heteroatoms. The van der Waals surface area contributed by atoms with Crippen LogP contribution in [0.15, 0.2) is 77.6 Å². The van der Waals surface area contributed by atoms with Crippen LogP contribution in [0.1, 0.15) is 11.1 Å². The number of hydrogen-bond donors (Lipinski definition) is 1. The second kappa shape index (κ2) is 7.72. The molecule has 0 radical (unpaired) electrons. The van der Waals surface area contributed by atoms with Crippen LogP contribution in [0.25, 0.3) is 22.0 Å². The van der Waals surface area contributed by atoms with E-state index in [0.29, 0.717) is 5.69 Å². The third kappa shape index (κ3) is 4.09. The third-order valence-electron chi connectivity index (χ3n) is 4.87. The minimum atomic E-state index is -0.314. The smallest absolute Gasteiger partial charge is 0.267 e. The first-order chi connectivity index (χ1) is 14.0. The molecule has 1 heterocycles. The van der Waals surface area contributed by atoms with Gasteiger partial charge in [-0.05, 0) is 53.9 Å². The topological polar surface area (TPSA) is 64.0 Å². The largest absolute Gasteiger partial charge is 0.324 e. The number of fused-ring (bicyclic) bond motifs is 1. The zero-order valence-corrected chi connectivity index (χ0v) is 16.3. The molecule has 3 aromatic carbocycles. The van der Waals surface area contributed by atoms with Crippen LogP contribution in [0.2, 0.25) is 0 Å². The Morgan fingerprint density at radius 3 is 2.55 bits per heavy atom. The zero-order chi connectivity index (χ0) is 20.4. The van der Waals surface area contributed by atoms with Gasteiger partial charge in [-0.2, -0.15) is 5.10 Å². The van der Waals surface area contributed by atoms with Gasteiger partial charge in [-0.15, -0.1) is 0 Å². The van der Waals surface area contributed by atoms with Crippen LogP contribution in [0.3, 0.4) is 0 Å². The van der Waals surface area contributed by atoms with Crippen molar-refractivity contribution < 1.29 is 4.79 Å². The summed E-state index contributed by atoms with van der Waals surface area (Å²) in [5.74, 6) is -0.288. The van der Waals surface area contributed by atoms with Crippen molar-refractivity contribution in [1.29, 1.82) is 0 Å². The number of aromatic nitrogens is 2. The highest BCUT2D eigenvalue weighted by atomic mass is 16.2. The van der Waals surface area contributed by atoms with Crippen LogP contribution in [-0.4, -0.2) is 15.7 Å². The lowest BCUT2D eigenvalue weighted by atomic mass is 10.1. The maximum Gasteiger partial charge on any atom is 0.267 e. The minimum Gasteiger partial charge on any atom is -0.324 e. The lowest BCUT2D eigenvalue weighted by Gasteiger charge is -2.11. The van der Waals surface area contributed by atoms with Crippen molar-refractivity contribution in [1.82, 2.24) is 9.78 Å².